The number of hydrogen-bond donors (Lipinski definition) is 0. The molecule has 3 aromatic rings. The highest BCUT2D eigenvalue weighted by atomic mass is 35.5. The minimum Gasteiger partial charge on any atom is -0.263 e. The fourth-order valence-corrected chi connectivity index (χ4v) is 4.00. The topological polar surface area (TPSA) is 55.4 Å². The van der Waals surface area contributed by atoms with E-state index in [1.807, 2.05) is 86.7 Å². The van der Waals surface area contributed by atoms with Crippen LogP contribution in [0.3, 0.4) is 0 Å². The largest absolute Gasteiger partial charge is 0.347 e. The Bertz CT molecular complexity index is 1330. The number of hydrazone groups is 1. The second-order valence-corrected chi connectivity index (χ2v) is 8.81. The van der Waals surface area contributed by atoms with Crippen molar-refractivity contribution in [3.05, 3.63) is 117 Å². The van der Waals surface area contributed by atoms with Gasteiger partial charge in [-0.05, 0) is 42.7 Å². The van der Waals surface area contributed by atoms with Crippen LogP contribution >= 0.6 is 11.6 Å². The summed E-state index contributed by atoms with van der Waals surface area (Å²) in [5.74, 6) is 0.441. The molecule has 0 radical (unpaired) electrons. The van der Waals surface area contributed by atoms with Crippen LogP contribution in [0.5, 0.6) is 0 Å². The second kappa shape index (κ2) is 10.1. The predicted octanol–water partition coefficient (Wildman–Crippen LogP) is 5.12. The first-order valence-corrected chi connectivity index (χ1v) is 11.5. The molecule has 4 rings (SSSR count). The third-order valence-electron chi connectivity index (χ3n) is 5.82. The number of halogens is 1. The van der Waals surface area contributed by atoms with E-state index in [0.717, 1.165) is 22.4 Å². The molecule has 1 aliphatic rings. The summed E-state index contributed by atoms with van der Waals surface area (Å²) in [6, 6.07) is 15.7. The summed E-state index contributed by atoms with van der Waals surface area (Å²) in [4.78, 5) is 12.9. The average molecular weight is 474 g/mol. The SMILES string of the molecule is C=C(/C=C\C=C/C)[C@H]1CN(c2nn(Cc3ccc(C)cc3)c(=O)n2C)N=C1c1ccc(Cl)cc1. The minimum absolute atomic E-state index is 0.0555. The Labute approximate surface area is 204 Å². The highest BCUT2D eigenvalue weighted by molar-refractivity contribution is 6.30. The second-order valence-electron chi connectivity index (χ2n) is 8.37. The number of hydrogen-bond acceptors (Lipinski definition) is 4. The van der Waals surface area contributed by atoms with Gasteiger partial charge in [-0.25, -0.2) is 14.5 Å². The summed E-state index contributed by atoms with van der Waals surface area (Å²) < 4.78 is 3.02. The van der Waals surface area contributed by atoms with Crippen LogP contribution in [0.2, 0.25) is 5.02 Å². The van der Waals surface area contributed by atoms with E-state index in [4.69, 9.17) is 16.7 Å². The molecule has 1 atom stereocenters. The highest BCUT2D eigenvalue weighted by Gasteiger charge is 2.32. The molecule has 0 fully saturated rings. The molecule has 174 valence electrons. The zero-order valence-electron chi connectivity index (χ0n) is 19.6. The lowest BCUT2D eigenvalue weighted by Gasteiger charge is -2.15. The Hall–Kier alpha value is -3.64. The van der Waals surface area contributed by atoms with Gasteiger partial charge in [0.25, 0.3) is 0 Å². The van der Waals surface area contributed by atoms with E-state index in [2.05, 4.69) is 11.7 Å². The van der Waals surface area contributed by atoms with E-state index in [9.17, 15) is 4.79 Å². The smallest absolute Gasteiger partial charge is 0.263 e. The van der Waals surface area contributed by atoms with Crippen LogP contribution in [-0.2, 0) is 13.6 Å². The number of rotatable bonds is 7. The molecule has 2 aromatic carbocycles. The molecule has 1 aromatic heterocycles. The molecule has 2 heterocycles. The number of anilines is 1. The maximum atomic E-state index is 12.9. The lowest BCUT2D eigenvalue weighted by molar-refractivity contribution is 0.645. The minimum atomic E-state index is -0.186. The van der Waals surface area contributed by atoms with Gasteiger partial charge < -0.3 is 0 Å². The van der Waals surface area contributed by atoms with Crippen LogP contribution in [0.1, 0.15) is 23.6 Å². The van der Waals surface area contributed by atoms with Crippen LogP contribution in [0.25, 0.3) is 0 Å². The zero-order valence-corrected chi connectivity index (χ0v) is 20.4. The van der Waals surface area contributed by atoms with E-state index < -0.39 is 0 Å². The molecule has 7 heteroatoms. The highest BCUT2D eigenvalue weighted by Crippen LogP contribution is 2.29. The molecule has 0 unspecified atom stereocenters. The lowest BCUT2D eigenvalue weighted by Crippen LogP contribution is -2.25. The monoisotopic (exact) mass is 473 g/mol. The van der Waals surface area contributed by atoms with Crippen molar-refractivity contribution in [3.63, 3.8) is 0 Å². The summed E-state index contributed by atoms with van der Waals surface area (Å²) in [7, 11) is 1.72. The van der Waals surface area contributed by atoms with Crippen LogP contribution in [0, 0.1) is 12.8 Å². The maximum absolute atomic E-state index is 12.9. The van der Waals surface area contributed by atoms with E-state index in [1.165, 1.54) is 14.8 Å². The molecule has 0 spiro atoms. The van der Waals surface area contributed by atoms with Crippen molar-refractivity contribution in [1.29, 1.82) is 0 Å². The zero-order chi connectivity index (χ0) is 24.2. The van der Waals surface area contributed by atoms with Crippen LogP contribution in [0.15, 0.2) is 94.9 Å². The van der Waals surface area contributed by atoms with Crippen LogP contribution in [-0.4, -0.2) is 26.6 Å². The van der Waals surface area contributed by atoms with Gasteiger partial charge in [0, 0.05) is 18.0 Å². The third-order valence-corrected chi connectivity index (χ3v) is 6.07. The summed E-state index contributed by atoms with van der Waals surface area (Å²) in [5.41, 5.74) is 4.76. The number of allylic oxidation sites excluding steroid dienone is 4. The fourth-order valence-electron chi connectivity index (χ4n) is 3.88. The molecule has 0 saturated heterocycles. The van der Waals surface area contributed by atoms with Crippen molar-refractivity contribution in [2.75, 3.05) is 11.6 Å². The van der Waals surface area contributed by atoms with E-state index in [1.54, 1.807) is 12.1 Å². The Balaban J connectivity index is 1.68. The number of benzene rings is 2. The first-order valence-electron chi connectivity index (χ1n) is 11.2. The average Bonchev–Trinajstić information content (AvgIpc) is 3.38. The maximum Gasteiger partial charge on any atom is 0.347 e. The summed E-state index contributed by atoms with van der Waals surface area (Å²) >= 11 is 6.10. The first-order chi connectivity index (χ1) is 16.4. The standard InChI is InChI=1S/C27H28ClN5O/c1-5-6-7-8-20(3)24-18-32(29-25(24)22-13-15-23(28)16-14-22)26-30-33(27(34)31(26)4)17-21-11-9-19(2)10-12-21/h5-16,24H,3,17-18H2,1-2,4H3/b6-5-,8-7-/t24-/m1/s1. The van der Waals surface area contributed by atoms with Gasteiger partial charge >= 0.3 is 5.69 Å². The fraction of sp³-hybridized carbons (Fsp3) is 0.222. The van der Waals surface area contributed by atoms with Crippen molar-refractivity contribution in [2.24, 2.45) is 18.1 Å². The molecule has 34 heavy (non-hydrogen) atoms. The van der Waals surface area contributed by atoms with Gasteiger partial charge in [-0.1, -0.05) is 84.4 Å². The molecule has 6 nitrogen and oxygen atoms in total. The Morgan fingerprint density at radius 2 is 1.85 bits per heavy atom. The van der Waals surface area contributed by atoms with Crippen molar-refractivity contribution in [1.82, 2.24) is 14.3 Å². The number of nitrogens with zero attached hydrogens (tertiary/aromatic N) is 5. The summed E-state index contributed by atoms with van der Waals surface area (Å²) in [6.07, 6.45) is 7.90. The molecule has 0 N–H and O–H groups in total. The van der Waals surface area contributed by atoms with Gasteiger partial charge in [0.1, 0.15) is 0 Å². The first kappa shape index (κ1) is 23.5. The van der Waals surface area contributed by atoms with E-state index in [0.29, 0.717) is 24.1 Å². The van der Waals surface area contributed by atoms with Gasteiger partial charge in [0.15, 0.2) is 0 Å². The Morgan fingerprint density at radius 1 is 1.15 bits per heavy atom. The predicted molar refractivity (Wildman–Crippen MR) is 140 cm³/mol. The summed E-state index contributed by atoms with van der Waals surface area (Å²) in [5, 5.41) is 12.0. The molecular weight excluding hydrogens is 446 g/mol. The van der Waals surface area contributed by atoms with Crippen molar-refractivity contribution >= 4 is 23.3 Å². The van der Waals surface area contributed by atoms with Crippen molar-refractivity contribution < 1.29 is 0 Å². The van der Waals surface area contributed by atoms with Crippen molar-refractivity contribution in [3.8, 4) is 0 Å². The van der Waals surface area contributed by atoms with Gasteiger partial charge in [-0.2, -0.15) is 5.10 Å². The molecular formula is C27H28ClN5O. The van der Waals surface area contributed by atoms with Gasteiger partial charge in [0.05, 0.1) is 18.8 Å². The normalized spacial score (nSPS) is 16.1. The van der Waals surface area contributed by atoms with E-state index >= 15 is 0 Å². The summed E-state index contributed by atoms with van der Waals surface area (Å²) in [6.45, 7) is 9.23. The van der Waals surface area contributed by atoms with Crippen molar-refractivity contribution in [2.45, 2.75) is 20.4 Å². The quantitative estimate of drug-likeness (QED) is 0.447. The number of aryl methyl sites for hydroxylation is 1. The van der Waals surface area contributed by atoms with Gasteiger partial charge in [0.2, 0.25) is 5.95 Å². The van der Waals surface area contributed by atoms with Crippen LogP contribution in [0.4, 0.5) is 5.95 Å². The Morgan fingerprint density at radius 3 is 2.53 bits per heavy atom. The molecule has 0 bridgehead atoms. The van der Waals surface area contributed by atoms with E-state index in [-0.39, 0.29) is 11.6 Å². The third kappa shape index (κ3) is 4.97. The molecule has 0 saturated carbocycles. The van der Waals surface area contributed by atoms with Crippen LogP contribution < -0.4 is 10.7 Å². The molecule has 1 aliphatic heterocycles. The molecule has 0 amide bonds. The van der Waals surface area contributed by atoms with Gasteiger partial charge in [-0.3, -0.25) is 4.57 Å². The number of aromatic nitrogens is 3. The molecule has 0 aliphatic carbocycles. The Kier molecular flexibility index (Phi) is 6.98. The van der Waals surface area contributed by atoms with Gasteiger partial charge in [-0.15, -0.1) is 5.10 Å². The lowest BCUT2D eigenvalue weighted by atomic mass is 9.91.